The van der Waals surface area contributed by atoms with E-state index >= 15 is 0 Å². The maximum Gasteiger partial charge on any atom is 0.508 e. The van der Waals surface area contributed by atoms with Crippen LogP contribution in [0.1, 0.15) is 11.7 Å². The van der Waals surface area contributed by atoms with Crippen molar-refractivity contribution in [2.75, 3.05) is 7.11 Å². The van der Waals surface area contributed by atoms with Gasteiger partial charge in [-0.2, -0.15) is 0 Å². The molecule has 1 atom stereocenters. The third-order valence-electron chi connectivity index (χ3n) is 2.95. The van der Waals surface area contributed by atoms with Crippen LogP contribution in [0, 0.1) is 0 Å². The van der Waals surface area contributed by atoms with Gasteiger partial charge in [0.15, 0.2) is 0 Å². The highest BCUT2D eigenvalue weighted by Crippen LogP contribution is 2.24. The van der Waals surface area contributed by atoms with Crippen LogP contribution in [0.25, 0.3) is 11.1 Å². The Hall–Kier alpha value is -2.55. The summed E-state index contributed by atoms with van der Waals surface area (Å²) in [7, 11) is 1.28. The van der Waals surface area contributed by atoms with Crippen molar-refractivity contribution in [2.45, 2.75) is 6.10 Å². The van der Waals surface area contributed by atoms with E-state index in [1.807, 2.05) is 54.6 Å². The molecule has 0 radical (unpaired) electrons. The van der Waals surface area contributed by atoms with Gasteiger partial charge in [0.05, 0.1) is 7.11 Å². The number of carbonyl (C=O) groups excluding carboxylic acids is 1. The predicted molar refractivity (Wildman–Crippen MR) is 78.3 cm³/mol. The quantitative estimate of drug-likeness (QED) is 0.610. The Balaban J connectivity index is 2.18. The van der Waals surface area contributed by atoms with Crippen molar-refractivity contribution in [1.29, 1.82) is 0 Å². The second kappa shape index (κ2) is 6.57. The first-order valence-electron chi connectivity index (χ1n) is 6.27. The molecule has 0 N–H and O–H groups in total. The van der Waals surface area contributed by atoms with E-state index in [1.54, 1.807) is 6.08 Å². The summed E-state index contributed by atoms with van der Waals surface area (Å²) in [5.74, 6) is 0. The molecule has 2 rings (SSSR count). The third-order valence-corrected chi connectivity index (χ3v) is 2.95. The lowest BCUT2D eigenvalue weighted by atomic mass is 10.0. The maximum absolute atomic E-state index is 11.2. The molecule has 0 aliphatic rings. The number of hydrogen-bond acceptors (Lipinski definition) is 3. The van der Waals surface area contributed by atoms with Crippen LogP contribution in [0.4, 0.5) is 4.79 Å². The minimum atomic E-state index is -0.720. The fourth-order valence-electron chi connectivity index (χ4n) is 1.90. The monoisotopic (exact) mass is 268 g/mol. The Morgan fingerprint density at radius 2 is 1.65 bits per heavy atom. The highest BCUT2D eigenvalue weighted by molar-refractivity contribution is 5.64. The van der Waals surface area contributed by atoms with Gasteiger partial charge in [0.1, 0.15) is 6.10 Å². The van der Waals surface area contributed by atoms with E-state index in [-0.39, 0.29) is 0 Å². The van der Waals surface area contributed by atoms with Crippen LogP contribution in [0.15, 0.2) is 67.3 Å². The van der Waals surface area contributed by atoms with Crippen molar-refractivity contribution in [2.24, 2.45) is 0 Å². The zero-order valence-corrected chi connectivity index (χ0v) is 11.3. The Labute approximate surface area is 118 Å². The zero-order valence-electron chi connectivity index (χ0n) is 11.3. The van der Waals surface area contributed by atoms with E-state index in [0.717, 1.165) is 16.7 Å². The lowest BCUT2D eigenvalue weighted by Gasteiger charge is -2.13. The fourth-order valence-corrected chi connectivity index (χ4v) is 1.90. The smallest absolute Gasteiger partial charge is 0.438 e. The van der Waals surface area contributed by atoms with Gasteiger partial charge in [-0.3, -0.25) is 0 Å². The van der Waals surface area contributed by atoms with Crippen LogP contribution in [-0.2, 0) is 9.47 Å². The second-order valence-electron chi connectivity index (χ2n) is 4.22. The van der Waals surface area contributed by atoms with Crippen LogP contribution < -0.4 is 0 Å². The summed E-state index contributed by atoms with van der Waals surface area (Å²) in [6.45, 7) is 3.67. The topological polar surface area (TPSA) is 35.5 Å². The van der Waals surface area contributed by atoms with Crippen molar-refractivity contribution in [3.63, 3.8) is 0 Å². The van der Waals surface area contributed by atoms with Gasteiger partial charge >= 0.3 is 6.16 Å². The van der Waals surface area contributed by atoms with Gasteiger partial charge in [-0.05, 0) is 22.8 Å². The predicted octanol–water partition coefficient (Wildman–Crippen LogP) is 4.36. The first-order valence-corrected chi connectivity index (χ1v) is 6.27. The van der Waals surface area contributed by atoms with Crippen LogP contribution in [-0.4, -0.2) is 13.3 Å². The minimum Gasteiger partial charge on any atom is -0.438 e. The van der Waals surface area contributed by atoms with Gasteiger partial charge in [0, 0.05) is 0 Å². The molecule has 20 heavy (non-hydrogen) atoms. The number of methoxy groups -OCH3 is 1. The molecule has 0 fully saturated rings. The van der Waals surface area contributed by atoms with Crippen molar-refractivity contribution < 1.29 is 14.3 Å². The van der Waals surface area contributed by atoms with Crippen LogP contribution >= 0.6 is 0 Å². The summed E-state index contributed by atoms with van der Waals surface area (Å²) in [5, 5.41) is 0. The van der Waals surface area contributed by atoms with Gasteiger partial charge in [0.25, 0.3) is 0 Å². The van der Waals surface area contributed by atoms with Crippen LogP contribution in [0.2, 0.25) is 0 Å². The molecule has 2 aromatic rings. The van der Waals surface area contributed by atoms with Crippen LogP contribution in [0.5, 0.6) is 0 Å². The van der Waals surface area contributed by atoms with E-state index in [0.29, 0.717) is 0 Å². The molecular weight excluding hydrogens is 252 g/mol. The minimum absolute atomic E-state index is 0.507. The number of hydrogen-bond donors (Lipinski definition) is 0. The molecule has 1 unspecified atom stereocenters. The third kappa shape index (κ3) is 3.26. The second-order valence-corrected chi connectivity index (χ2v) is 4.22. The molecule has 2 aromatic carbocycles. The first kappa shape index (κ1) is 13.9. The molecule has 0 saturated carbocycles. The summed E-state index contributed by atoms with van der Waals surface area (Å²) in [6.07, 6.45) is 0.336. The molecule has 3 heteroatoms. The molecule has 0 spiro atoms. The van der Waals surface area contributed by atoms with E-state index in [2.05, 4.69) is 11.3 Å². The highest BCUT2D eigenvalue weighted by atomic mass is 16.7. The van der Waals surface area contributed by atoms with E-state index < -0.39 is 12.3 Å². The van der Waals surface area contributed by atoms with Crippen molar-refractivity contribution in [3.8, 4) is 11.1 Å². The Kier molecular flexibility index (Phi) is 4.56. The Bertz CT molecular complexity index is 573. The molecule has 0 amide bonds. The number of ether oxygens (including phenoxy) is 2. The number of carbonyl (C=O) groups is 1. The molecule has 0 saturated heterocycles. The van der Waals surface area contributed by atoms with Gasteiger partial charge < -0.3 is 9.47 Å². The molecule has 0 aliphatic heterocycles. The summed E-state index contributed by atoms with van der Waals surface area (Å²) in [5.41, 5.74) is 3.10. The zero-order chi connectivity index (χ0) is 14.4. The first-order chi connectivity index (χ1) is 9.74. The average molecular weight is 268 g/mol. The molecule has 0 aliphatic carbocycles. The summed E-state index contributed by atoms with van der Waals surface area (Å²) in [4.78, 5) is 11.2. The number of benzene rings is 2. The largest absolute Gasteiger partial charge is 0.508 e. The summed E-state index contributed by atoms with van der Waals surface area (Å²) >= 11 is 0. The van der Waals surface area contributed by atoms with E-state index in [4.69, 9.17) is 4.74 Å². The molecule has 0 aromatic heterocycles. The lowest BCUT2D eigenvalue weighted by Crippen LogP contribution is -2.09. The fraction of sp³-hybridized carbons (Fsp3) is 0.118. The van der Waals surface area contributed by atoms with Crippen LogP contribution in [0.3, 0.4) is 0 Å². The van der Waals surface area contributed by atoms with Crippen molar-refractivity contribution in [1.82, 2.24) is 0 Å². The molecule has 0 heterocycles. The Morgan fingerprint density at radius 1 is 1.05 bits per heavy atom. The standard InChI is InChI=1S/C17H16O3/c1-3-16(20-17(18)19-2)15-11-9-14(10-12-15)13-7-5-4-6-8-13/h3-12,16H,1H2,2H3. The van der Waals surface area contributed by atoms with Gasteiger partial charge in [-0.25, -0.2) is 4.79 Å². The highest BCUT2D eigenvalue weighted by Gasteiger charge is 2.13. The van der Waals surface area contributed by atoms with Gasteiger partial charge in [-0.1, -0.05) is 61.2 Å². The molecule has 3 nitrogen and oxygen atoms in total. The summed E-state index contributed by atoms with van der Waals surface area (Å²) in [6, 6.07) is 17.9. The average Bonchev–Trinajstić information content (AvgIpc) is 2.53. The van der Waals surface area contributed by atoms with E-state index in [9.17, 15) is 4.79 Å². The SMILES string of the molecule is C=CC(OC(=O)OC)c1ccc(-c2ccccc2)cc1. The number of rotatable bonds is 4. The van der Waals surface area contributed by atoms with Crippen molar-refractivity contribution in [3.05, 3.63) is 72.8 Å². The molecular formula is C17H16O3. The Morgan fingerprint density at radius 3 is 2.20 bits per heavy atom. The normalized spacial score (nSPS) is 11.4. The maximum atomic E-state index is 11.2. The molecule has 102 valence electrons. The van der Waals surface area contributed by atoms with Crippen molar-refractivity contribution >= 4 is 6.16 Å². The molecule has 0 bridgehead atoms. The van der Waals surface area contributed by atoms with Gasteiger partial charge in [-0.15, -0.1) is 0 Å². The summed E-state index contributed by atoms with van der Waals surface area (Å²) < 4.78 is 9.59. The van der Waals surface area contributed by atoms with E-state index in [1.165, 1.54) is 7.11 Å². The lowest BCUT2D eigenvalue weighted by molar-refractivity contribution is 0.0523. The van der Waals surface area contributed by atoms with Gasteiger partial charge in [0.2, 0.25) is 0 Å².